The van der Waals surface area contributed by atoms with E-state index in [1.807, 2.05) is 0 Å². The van der Waals surface area contributed by atoms with Crippen molar-refractivity contribution in [2.45, 2.75) is 12.6 Å². The molecule has 0 aliphatic carbocycles. The minimum Gasteiger partial charge on any atom is -0.229 e. The van der Waals surface area contributed by atoms with Gasteiger partial charge in [0.15, 0.2) is 0 Å². The molecule has 1 rings (SSSR count). The molecule has 0 amide bonds. The molecule has 15 heavy (non-hydrogen) atoms. The molecule has 8 heteroatoms. The Morgan fingerprint density at radius 1 is 1.33 bits per heavy atom. The van der Waals surface area contributed by atoms with E-state index in [1.165, 1.54) is 0 Å². The van der Waals surface area contributed by atoms with E-state index < -0.39 is 33.5 Å². The van der Waals surface area contributed by atoms with Crippen molar-refractivity contribution in [1.82, 2.24) is 4.98 Å². The molecule has 1 aromatic rings. The largest absolute Gasteiger partial charge is 0.417 e. The number of hydrogen-bond donors (Lipinski definition) is 0. The molecule has 0 saturated carbocycles. The second kappa shape index (κ2) is 4.21. The summed E-state index contributed by atoms with van der Waals surface area (Å²) in [6, 6.07) is 0.369. The number of rotatable bonds is 1. The smallest absolute Gasteiger partial charge is 0.229 e. The van der Waals surface area contributed by atoms with Gasteiger partial charge < -0.3 is 0 Å². The van der Waals surface area contributed by atoms with Crippen molar-refractivity contribution < 1.29 is 22.0 Å². The van der Waals surface area contributed by atoms with E-state index in [0.29, 0.717) is 6.07 Å². The van der Waals surface area contributed by atoms with Gasteiger partial charge in [-0.05, 0) is 22.0 Å². The number of aromatic nitrogens is 1. The van der Waals surface area contributed by atoms with Crippen LogP contribution in [0.25, 0.3) is 0 Å². The highest BCUT2D eigenvalue weighted by molar-refractivity contribution is 9.10. The lowest BCUT2D eigenvalue weighted by Crippen LogP contribution is -2.11. The fraction of sp³-hybridized carbons (Fsp3) is 0.286. The molecule has 84 valence electrons. The third-order valence-electron chi connectivity index (χ3n) is 1.50. The number of hydrogen-bond acceptors (Lipinski definition) is 1. The van der Waals surface area contributed by atoms with Gasteiger partial charge in [0.2, 0.25) is 0 Å². The maximum absolute atomic E-state index is 12.3. The standard InChI is InChI=1S/C7H2BrClF5N/c8-5-4(6(10)11)2(7(12,13)14)1-3(9)15-5/h1,6H. The Morgan fingerprint density at radius 3 is 2.27 bits per heavy atom. The summed E-state index contributed by atoms with van der Waals surface area (Å²) in [6.45, 7) is 0. The molecule has 1 nitrogen and oxygen atoms in total. The summed E-state index contributed by atoms with van der Waals surface area (Å²) in [7, 11) is 0. The first-order valence-electron chi connectivity index (χ1n) is 3.44. The van der Waals surface area contributed by atoms with E-state index in [-0.39, 0.29) is 0 Å². The van der Waals surface area contributed by atoms with Crippen LogP contribution in [0.2, 0.25) is 5.15 Å². The molecule has 0 aliphatic heterocycles. The van der Waals surface area contributed by atoms with Gasteiger partial charge in [-0.2, -0.15) is 13.2 Å². The zero-order valence-corrected chi connectivity index (χ0v) is 9.09. The topological polar surface area (TPSA) is 12.9 Å². The molecule has 0 N–H and O–H groups in total. The van der Waals surface area contributed by atoms with E-state index in [9.17, 15) is 22.0 Å². The second-order valence-electron chi connectivity index (χ2n) is 2.50. The van der Waals surface area contributed by atoms with Crippen LogP contribution < -0.4 is 0 Å². The van der Waals surface area contributed by atoms with Crippen molar-refractivity contribution in [2.24, 2.45) is 0 Å². The maximum Gasteiger partial charge on any atom is 0.417 e. The van der Waals surface area contributed by atoms with Crippen LogP contribution in [0.4, 0.5) is 22.0 Å². The highest BCUT2D eigenvalue weighted by atomic mass is 79.9. The minimum absolute atomic E-state index is 0.369. The van der Waals surface area contributed by atoms with Gasteiger partial charge >= 0.3 is 6.18 Å². The number of pyridine rings is 1. The van der Waals surface area contributed by atoms with Crippen LogP contribution in [0.1, 0.15) is 17.6 Å². The molecule has 0 radical (unpaired) electrons. The Bertz CT molecular complexity index is 378. The van der Waals surface area contributed by atoms with Crippen LogP contribution in [0.15, 0.2) is 10.7 Å². The van der Waals surface area contributed by atoms with Gasteiger partial charge in [0, 0.05) is 0 Å². The van der Waals surface area contributed by atoms with E-state index in [1.54, 1.807) is 0 Å². The molecule has 1 heterocycles. The first-order chi connectivity index (χ1) is 6.73. The lowest BCUT2D eigenvalue weighted by Gasteiger charge is -2.13. The zero-order valence-electron chi connectivity index (χ0n) is 6.75. The van der Waals surface area contributed by atoms with Crippen LogP contribution in [-0.2, 0) is 6.18 Å². The number of halogens is 7. The van der Waals surface area contributed by atoms with Crippen molar-refractivity contribution in [3.63, 3.8) is 0 Å². The van der Waals surface area contributed by atoms with E-state index in [2.05, 4.69) is 20.9 Å². The van der Waals surface area contributed by atoms with Crippen molar-refractivity contribution in [3.8, 4) is 0 Å². The Kier molecular flexibility index (Phi) is 3.55. The molecular weight excluding hydrogens is 308 g/mol. The molecule has 0 spiro atoms. The monoisotopic (exact) mass is 309 g/mol. The average molecular weight is 310 g/mol. The third-order valence-corrected chi connectivity index (χ3v) is 2.30. The first-order valence-corrected chi connectivity index (χ1v) is 4.62. The van der Waals surface area contributed by atoms with Gasteiger partial charge in [-0.25, -0.2) is 13.8 Å². The summed E-state index contributed by atoms with van der Waals surface area (Å²) in [5.74, 6) is 0. The molecule has 0 aromatic carbocycles. The lowest BCUT2D eigenvalue weighted by atomic mass is 10.1. The average Bonchev–Trinajstić information content (AvgIpc) is 1.99. The summed E-state index contributed by atoms with van der Waals surface area (Å²) in [4.78, 5) is 3.27. The van der Waals surface area contributed by atoms with Crippen LogP contribution in [-0.4, -0.2) is 4.98 Å². The van der Waals surface area contributed by atoms with E-state index >= 15 is 0 Å². The fourth-order valence-electron chi connectivity index (χ4n) is 0.936. The molecule has 0 saturated heterocycles. The van der Waals surface area contributed by atoms with Gasteiger partial charge in [0.1, 0.15) is 9.76 Å². The predicted octanol–water partition coefficient (Wildman–Crippen LogP) is 4.45. The van der Waals surface area contributed by atoms with Crippen LogP contribution in [0, 0.1) is 0 Å². The molecule has 1 aromatic heterocycles. The highest BCUT2D eigenvalue weighted by Crippen LogP contribution is 2.40. The van der Waals surface area contributed by atoms with Crippen LogP contribution in [0.3, 0.4) is 0 Å². The molecular formula is C7H2BrClF5N. The summed E-state index contributed by atoms with van der Waals surface area (Å²) >= 11 is 7.76. The molecule has 0 atom stereocenters. The molecule has 0 unspecified atom stereocenters. The van der Waals surface area contributed by atoms with Crippen molar-refractivity contribution >= 4 is 27.5 Å². The third kappa shape index (κ3) is 2.78. The van der Waals surface area contributed by atoms with E-state index in [4.69, 9.17) is 11.6 Å². The molecule has 0 aliphatic rings. The maximum atomic E-state index is 12.3. The fourth-order valence-corrected chi connectivity index (χ4v) is 1.81. The summed E-state index contributed by atoms with van der Waals surface area (Å²) < 4.78 is 61.1. The lowest BCUT2D eigenvalue weighted by molar-refractivity contribution is -0.139. The second-order valence-corrected chi connectivity index (χ2v) is 3.63. The van der Waals surface area contributed by atoms with Gasteiger partial charge in [0.05, 0.1) is 11.1 Å². The first kappa shape index (κ1) is 12.6. The molecule has 0 fully saturated rings. The Morgan fingerprint density at radius 2 is 1.87 bits per heavy atom. The quantitative estimate of drug-likeness (QED) is 0.551. The number of nitrogens with zero attached hydrogens (tertiary/aromatic N) is 1. The Balaban J connectivity index is 3.47. The Hall–Kier alpha value is -0.430. The van der Waals surface area contributed by atoms with Crippen molar-refractivity contribution in [2.75, 3.05) is 0 Å². The van der Waals surface area contributed by atoms with Crippen molar-refractivity contribution in [3.05, 3.63) is 26.9 Å². The number of alkyl halides is 5. The summed E-state index contributed by atoms with van der Waals surface area (Å²) in [5, 5.41) is -0.501. The predicted molar refractivity (Wildman–Crippen MR) is 46.9 cm³/mol. The normalized spacial score (nSPS) is 12.3. The van der Waals surface area contributed by atoms with Gasteiger partial charge in [-0.15, -0.1) is 0 Å². The minimum atomic E-state index is -4.89. The van der Waals surface area contributed by atoms with Crippen molar-refractivity contribution in [1.29, 1.82) is 0 Å². The summed E-state index contributed by atoms with van der Waals surface area (Å²) in [6.07, 6.45) is -8.17. The van der Waals surface area contributed by atoms with Gasteiger partial charge in [0.25, 0.3) is 6.43 Å². The molecule has 0 bridgehead atoms. The van der Waals surface area contributed by atoms with Gasteiger partial charge in [-0.1, -0.05) is 11.6 Å². The van der Waals surface area contributed by atoms with E-state index in [0.717, 1.165) is 0 Å². The zero-order chi connectivity index (χ0) is 11.8. The Labute approximate surface area is 94.4 Å². The van der Waals surface area contributed by atoms with Crippen LogP contribution in [0.5, 0.6) is 0 Å². The SMILES string of the molecule is FC(F)c1c(C(F)(F)F)cc(Cl)nc1Br. The summed E-state index contributed by atoms with van der Waals surface area (Å²) in [5.41, 5.74) is -2.68. The highest BCUT2D eigenvalue weighted by Gasteiger charge is 2.37. The van der Waals surface area contributed by atoms with Gasteiger partial charge in [-0.3, -0.25) is 0 Å². The van der Waals surface area contributed by atoms with Crippen LogP contribution >= 0.6 is 27.5 Å².